The second kappa shape index (κ2) is 11.0. The fourth-order valence-corrected chi connectivity index (χ4v) is 8.16. The van der Waals surface area contributed by atoms with E-state index < -0.39 is 34.9 Å². The Hall–Kier alpha value is -4.67. The van der Waals surface area contributed by atoms with Gasteiger partial charge in [-0.1, -0.05) is 12.0 Å². The van der Waals surface area contributed by atoms with Gasteiger partial charge in [0.1, 0.15) is 47.1 Å². The lowest BCUT2D eigenvalue weighted by Gasteiger charge is -2.35. The lowest BCUT2D eigenvalue weighted by molar-refractivity contribution is 0.0997. The van der Waals surface area contributed by atoms with Crippen LogP contribution in [0.1, 0.15) is 48.2 Å². The number of nitrogens with zero attached hydrogens (tertiary/aromatic N) is 5. The molecule has 4 aliphatic heterocycles. The van der Waals surface area contributed by atoms with Crippen LogP contribution < -0.4 is 20.7 Å². The maximum absolute atomic E-state index is 17.0. The van der Waals surface area contributed by atoms with Gasteiger partial charge >= 0.3 is 6.01 Å². The summed E-state index contributed by atoms with van der Waals surface area (Å²) in [5.41, 5.74) is 4.20. The zero-order valence-corrected chi connectivity index (χ0v) is 25.4. The lowest BCUT2D eigenvalue weighted by Crippen LogP contribution is -2.51. The Bertz CT molecular complexity index is 2010. The number of phenolic OH excluding ortho intramolecular Hbond substituents is 1. The number of carbonyl (C=O) groups is 1. The molecule has 242 valence electrons. The molecule has 0 aliphatic carbocycles. The summed E-state index contributed by atoms with van der Waals surface area (Å²) in [6, 6.07) is 5.34. The quantitative estimate of drug-likeness (QED) is 0.269. The maximum atomic E-state index is 17.0. The van der Waals surface area contributed by atoms with E-state index in [-0.39, 0.29) is 69.4 Å². The predicted molar refractivity (Wildman–Crippen MR) is 169 cm³/mol. The molecule has 4 saturated heterocycles. The molecule has 0 saturated carbocycles. The number of hydrogen-bond donors (Lipinski definition) is 3. The molecule has 6 heterocycles. The van der Waals surface area contributed by atoms with E-state index in [4.69, 9.17) is 21.9 Å². The standard InChI is InChI=1S/C34H32F3N7O3/c1-2-22-24(36)7-4-17-10-21(45)11-23(25(17)22)28-27(37)29-26(30(40-28)31(38)46)32(43-14-19-5-6-20(15-43)39-19)42-33(41-29)47-16-34-8-3-9-44(34)13-18(35)12-34/h1,4,7,10-11,18-20,39,45H,3,5-6,8-9,12-16H2,(H2,38,46)/t18-,19-,20+,34+/m1/s1. The number of terminal acetylenes is 1. The summed E-state index contributed by atoms with van der Waals surface area (Å²) in [6.45, 7) is 2.27. The highest BCUT2D eigenvalue weighted by molar-refractivity contribution is 6.10. The molecule has 8 rings (SSSR count). The number of hydrogen-bond acceptors (Lipinski definition) is 9. The van der Waals surface area contributed by atoms with Crippen molar-refractivity contribution in [3.63, 3.8) is 0 Å². The highest BCUT2D eigenvalue weighted by Gasteiger charge is 2.49. The van der Waals surface area contributed by atoms with Crippen LogP contribution in [0, 0.1) is 24.0 Å². The summed E-state index contributed by atoms with van der Waals surface area (Å²) in [5, 5.41) is 14.6. The number of fused-ring (bicyclic) bond motifs is 5. The molecular weight excluding hydrogens is 611 g/mol. The number of aromatic nitrogens is 3. The van der Waals surface area contributed by atoms with Crippen LogP contribution in [-0.2, 0) is 0 Å². The number of pyridine rings is 1. The highest BCUT2D eigenvalue weighted by Crippen LogP contribution is 2.42. The predicted octanol–water partition coefficient (Wildman–Crippen LogP) is 3.80. The number of primary amides is 1. The number of halogens is 3. The Kier molecular flexibility index (Phi) is 6.93. The molecule has 4 N–H and O–H groups in total. The van der Waals surface area contributed by atoms with Crippen molar-refractivity contribution in [3.05, 3.63) is 47.2 Å². The number of rotatable bonds is 6. The number of nitrogens with two attached hydrogens (primary N) is 1. The molecule has 0 radical (unpaired) electrons. The number of alkyl halides is 1. The van der Waals surface area contributed by atoms with Crippen LogP contribution in [0.15, 0.2) is 24.3 Å². The van der Waals surface area contributed by atoms with E-state index in [0.29, 0.717) is 31.4 Å². The van der Waals surface area contributed by atoms with Gasteiger partial charge in [-0.05, 0) is 55.8 Å². The normalized spacial score (nSPS) is 25.4. The third-order valence-corrected chi connectivity index (χ3v) is 10.2. The zero-order valence-electron chi connectivity index (χ0n) is 25.4. The number of nitrogens with one attached hydrogen (secondary N) is 1. The van der Waals surface area contributed by atoms with Gasteiger partial charge in [0.15, 0.2) is 5.82 Å². The van der Waals surface area contributed by atoms with Crippen molar-refractivity contribution in [2.75, 3.05) is 37.7 Å². The first-order chi connectivity index (χ1) is 22.6. The first-order valence-corrected chi connectivity index (χ1v) is 15.8. The van der Waals surface area contributed by atoms with Gasteiger partial charge in [0.25, 0.3) is 5.91 Å². The summed E-state index contributed by atoms with van der Waals surface area (Å²) >= 11 is 0. The van der Waals surface area contributed by atoms with Gasteiger partial charge in [-0.2, -0.15) is 9.97 Å². The SMILES string of the molecule is C#Cc1c(F)ccc2cc(O)cc(-c3nc(C(N)=O)c4c(N5C[C@H]6CC[C@@H](C5)N6)nc(OC[C@@]56CCCN5C[C@H](F)C6)nc4c3F)c12. The number of anilines is 1. The Labute approximate surface area is 268 Å². The number of carbonyl (C=O) groups excluding carboxylic acids is 1. The van der Waals surface area contributed by atoms with E-state index in [1.54, 1.807) is 0 Å². The Morgan fingerprint density at radius 3 is 2.68 bits per heavy atom. The van der Waals surface area contributed by atoms with Crippen molar-refractivity contribution in [2.45, 2.75) is 55.9 Å². The third-order valence-electron chi connectivity index (χ3n) is 10.2. The minimum Gasteiger partial charge on any atom is -0.508 e. The summed E-state index contributed by atoms with van der Waals surface area (Å²) in [6.07, 6.45) is 8.59. The van der Waals surface area contributed by atoms with Crippen molar-refractivity contribution >= 4 is 33.4 Å². The van der Waals surface area contributed by atoms with Gasteiger partial charge in [0.2, 0.25) is 0 Å². The minimum absolute atomic E-state index is 0.0190. The number of aromatic hydroxyl groups is 1. The number of ether oxygens (including phenoxy) is 1. The van der Waals surface area contributed by atoms with Gasteiger partial charge in [-0.15, -0.1) is 6.42 Å². The second-order valence-corrected chi connectivity index (χ2v) is 13.1. The number of phenols is 1. The lowest BCUT2D eigenvalue weighted by atomic mass is 9.95. The minimum atomic E-state index is -0.970. The fourth-order valence-electron chi connectivity index (χ4n) is 8.16. The van der Waals surface area contributed by atoms with E-state index in [2.05, 4.69) is 26.1 Å². The zero-order chi connectivity index (χ0) is 32.6. The van der Waals surface area contributed by atoms with E-state index in [1.807, 2.05) is 4.90 Å². The number of amides is 1. The third kappa shape index (κ3) is 4.81. The molecule has 2 aromatic heterocycles. The maximum Gasteiger partial charge on any atom is 0.319 e. The number of benzene rings is 2. The molecule has 2 aromatic carbocycles. The monoisotopic (exact) mass is 643 g/mol. The molecule has 47 heavy (non-hydrogen) atoms. The number of piperazine rings is 1. The smallest absolute Gasteiger partial charge is 0.319 e. The van der Waals surface area contributed by atoms with E-state index in [9.17, 15) is 18.7 Å². The summed E-state index contributed by atoms with van der Waals surface area (Å²) in [4.78, 5) is 30.7. The van der Waals surface area contributed by atoms with Gasteiger partial charge in [0.05, 0.1) is 16.5 Å². The molecule has 13 heteroatoms. The van der Waals surface area contributed by atoms with E-state index in [0.717, 1.165) is 38.3 Å². The Balaban J connectivity index is 1.35. The summed E-state index contributed by atoms with van der Waals surface area (Å²) < 4.78 is 52.7. The van der Waals surface area contributed by atoms with Gasteiger partial charge in [-0.3, -0.25) is 9.69 Å². The Morgan fingerprint density at radius 2 is 1.94 bits per heavy atom. The fraction of sp³-hybridized carbons (Fsp3) is 0.412. The average molecular weight is 644 g/mol. The molecule has 4 fully saturated rings. The molecule has 0 spiro atoms. The molecule has 10 nitrogen and oxygen atoms in total. The molecule has 2 bridgehead atoms. The summed E-state index contributed by atoms with van der Waals surface area (Å²) in [7, 11) is 0. The van der Waals surface area contributed by atoms with Crippen molar-refractivity contribution in [1.29, 1.82) is 0 Å². The van der Waals surface area contributed by atoms with Crippen LogP contribution in [0.25, 0.3) is 32.9 Å². The summed E-state index contributed by atoms with van der Waals surface area (Å²) in [5.74, 6) is -0.325. The molecule has 4 atom stereocenters. The van der Waals surface area contributed by atoms with Gasteiger partial charge < -0.3 is 25.8 Å². The van der Waals surface area contributed by atoms with Crippen LogP contribution in [0.2, 0.25) is 0 Å². The highest BCUT2D eigenvalue weighted by atomic mass is 19.1. The second-order valence-electron chi connectivity index (χ2n) is 13.1. The topological polar surface area (TPSA) is 130 Å². The van der Waals surface area contributed by atoms with E-state index >= 15 is 4.39 Å². The molecular formula is C34H32F3N7O3. The van der Waals surface area contributed by atoms with Crippen LogP contribution in [-0.4, -0.2) is 87.4 Å². The van der Waals surface area contributed by atoms with Crippen molar-refractivity contribution in [2.24, 2.45) is 5.73 Å². The van der Waals surface area contributed by atoms with Crippen molar-refractivity contribution < 1.29 is 27.8 Å². The van der Waals surface area contributed by atoms with Crippen molar-refractivity contribution in [3.8, 4) is 35.4 Å². The molecule has 4 aromatic rings. The van der Waals surface area contributed by atoms with Crippen LogP contribution in [0.3, 0.4) is 0 Å². The molecule has 0 unspecified atom stereocenters. The average Bonchev–Trinajstić information content (AvgIpc) is 3.69. The van der Waals surface area contributed by atoms with Crippen LogP contribution >= 0.6 is 0 Å². The molecule has 4 aliphatic rings. The first-order valence-electron chi connectivity index (χ1n) is 15.8. The van der Waals surface area contributed by atoms with Crippen molar-refractivity contribution in [1.82, 2.24) is 25.2 Å². The van der Waals surface area contributed by atoms with Crippen LogP contribution in [0.5, 0.6) is 11.8 Å². The van der Waals surface area contributed by atoms with Gasteiger partial charge in [0, 0.05) is 49.1 Å². The largest absolute Gasteiger partial charge is 0.508 e. The van der Waals surface area contributed by atoms with E-state index in [1.165, 1.54) is 18.2 Å². The first kappa shape index (κ1) is 29.7. The van der Waals surface area contributed by atoms with Crippen LogP contribution in [0.4, 0.5) is 19.0 Å². The Morgan fingerprint density at radius 1 is 1.15 bits per heavy atom. The molecule has 1 amide bonds. The van der Waals surface area contributed by atoms with Gasteiger partial charge in [-0.25, -0.2) is 18.2 Å².